The van der Waals surface area contributed by atoms with E-state index in [0.29, 0.717) is 33.3 Å². The van der Waals surface area contributed by atoms with Gasteiger partial charge in [-0.25, -0.2) is 9.80 Å². The summed E-state index contributed by atoms with van der Waals surface area (Å²) in [6, 6.07) is 21.2. The van der Waals surface area contributed by atoms with Crippen molar-refractivity contribution < 1.29 is 19.4 Å². The molecule has 10 heteroatoms. The maximum Gasteiger partial charge on any atom is 0.336 e. The number of halogens is 1. The minimum Gasteiger partial charge on any atom is -0.507 e. The number of aryl methyl sites for hydroxylation is 1. The SMILES string of the molecule is Cc1ccc2cccc(N(Cc3c(O)ccc4c(-c5ccccc5C(=O)O)c5cc(Cl)c(=O)cc-5oc34)N=O)c2n1. The van der Waals surface area contributed by atoms with Gasteiger partial charge in [0.25, 0.3) is 0 Å². The number of aromatic nitrogens is 1. The van der Waals surface area contributed by atoms with Crippen LogP contribution in [0.1, 0.15) is 21.6 Å². The van der Waals surface area contributed by atoms with Crippen molar-refractivity contribution in [2.24, 2.45) is 5.29 Å². The van der Waals surface area contributed by atoms with Crippen LogP contribution in [0, 0.1) is 11.8 Å². The van der Waals surface area contributed by atoms with E-state index in [-0.39, 0.29) is 39.8 Å². The zero-order chi connectivity index (χ0) is 28.8. The first-order valence-corrected chi connectivity index (χ1v) is 12.9. The average molecular weight is 566 g/mol. The normalized spacial score (nSPS) is 11.3. The van der Waals surface area contributed by atoms with Crippen LogP contribution in [0.2, 0.25) is 5.02 Å². The molecule has 4 aromatic rings. The Morgan fingerprint density at radius 2 is 1.83 bits per heavy atom. The molecule has 6 rings (SSSR count). The summed E-state index contributed by atoms with van der Waals surface area (Å²) in [5.74, 6) is -1.21. The fraction of sp³-hybridized carbons (Fsp3) is 0.0645. The molecule has 2 N–H and O–H groups in total. The Morgan fingerprint density at radius 1 is 1.02 bits per heavy atom. The highest BCUT2D eigenvalue weighted by Gasteiger charge is 2.26. The third-order valence-electron chi connectivity index (χ3n) is 6.97. The molecule has 0 radical (unpaired) electrons. The Hall–Kier alpha value is -5.28. The Bertz CT molecular complexity index is 2060. The highest BCUT2D eigenvalue weighted by Crippen LogP contribution is 2.44. The van der Waals surface area contributed by atoms with E-state index in [1.807, 2.05) is 25.1 Å². The number of nitroso groups, excluding NO2 is 1. The quantitative estimate of drug-likeness (QED) is 0.123. The number of nitrogens with zero attached hydrogens (tertiary/aromatic N) is 3. The lowest BCUT2D eigenvalue weighted by Crippen LogP contribution is -2.16. The Kier molecular flexibility index (Phi) is 6.36. The van der Waals surface area contributed by atoms with E-state index in [1.165, 1.54) is 24.3 Å². The molecule has 41 heavy (non-hydrogen) atoms. The van der Waals surface area contributed by atoms with Gasteiger partial charge in [0, 0.05) is 33.7 Å². The van der Waals surface area contributed by atoms with Gasteiger partial charge in [-0.1, -0.05) is 48.0 Å². The fourth-order valence-electron chi connectivity index (χ4n) is 5.08. The van der Waals surface area contributed by atoms with Crippen LogP contribution >= 0.6 is 11.6 Å². The number of hydrogen-bond acceptors (Lipinski definition) is 7. The molecule has 0 unspecified atom stereocenters. The number of anilines is 1. The molecular weight excluding hydrogens is 546 g/mol. The van der Waals surface area contributed by atoms with E-state index < -0.39 is 11.4 Å². The predicted molar refractivity (Wildman–Crippen MR) is 157 cm³/mol. The first-order valence-electron chi connectivity index (χ1n) is 12.5. The van der Waals surface area contributed by atoms with Gasteiger partial charge in [-0.2, -0.15) is 0 Å². The second-order valence-corrected chi connectivity index (χ2v) is 9.89. The monoisotopic (exact) mass is 565 g/mol. The van der Waals surface area contributed by atoms with Crippen molar-refractivity contribution in [3.63, 3.8) is 0 Å². The maximum atomic E-state index is 12.5. The van der Waals surface area contributed by atoms with Gasteiger partial charge in [0.1, 0.15) is 17.1 Å². The molecular formula is C31H20ClN3O6. The molecule has 1 aliphatic carbocycles. The number of fused-ring (bicyclic) bond motifs is 3. The largest absolute Gasteiger partial charge is 0.507 e. The number of carboxylic acid groups (broad SMARTS) is 1. The molecule has 2 aliphatic rings. The van der Waals surface area contributed by atoms with E-state index >= 15 is 0 Å². The predicted octanol–water partition coefficient (Wildman–Crippen LogP) is 7.17. The highest BCUT2D eigenvalue weighted by atomic mass is 35.5. The van der Waals surface area contributed by atoms with Gasteiger partial charge >= 0.3 is 5.97 Å². The second-order valence-electron chi connectivity index (χ2n) is 9.49. The van der Waals surface area contributed by atoms with Crippen molar-refractivity contribution in [2.45, 2.75) is 13.5 Å². The van der Waals surface area contributed by atoms with E-state index in [9.17, 15) is 24.7 Å². The number of carboxylic acids is 1. The Morgan fingerprint density at radius 3 is 2.61 bits per heavy atom. The summed E-state index contributed by atoms with van der Waals surface area (Å²) in [5, 5.41) is 26.5. The number of benzene rings is 4. The first kappa shape index (κ1) is 26.0. The Balaban J connectivity index is 1.65. The minimum absolute atomic E-state index is 0.0200. The van der Waals surface area contributed by atoms with Crippen molar-refractivity contribution in [1.82, 2.24) is 4.98 Å². The van der Waals surface area contributed by atoms with Crippen LogP contribution in [0.25, 0.3) is 44.3 Å². The zero-order valence-corrected chi connectivity index (χ0v) is 22.2. The van der Waals surface area contributed by atoms with Crippen LogP contribution in [0.4, 0.5) is 5.69 Å². The molecule has 202 valence electrons. The molecule has 0 amide bonds. The maximum absolute atomic E-state index is 12.5. The third-order valence-corrected chi connectivity index (χ3v) is 7.27. The zero-order valence-electron chi connectivity index (χ0n) is 21.5. The molecule has 2 heterocycles. The minimum atomic E-state index is -1.15. The molecule has 0 fully saturated rings. The van der Waals surface area contributed by atoms with Crippen LogP contribution in [0.15, 0.2) is 93.4 Å². The second kappa shape index (κ2) is 10.0. The summed E-state index contributed by atoms with van der Waals surface area (Å²) in [5.41, 5.74) is 2.80. The number of aromatic hydroxyl groups is 1. The van der Waals surface area contributed by atoms with Gasteiger partial charge in [-0.3, -0.25) is 9.78 Å². The number of hydrogen-bond donors (Lipinski definition) is 2. The molecule has 9 nitrogen and oxygen atoms in total. The number of phenols is 1. The molecule has 1 aliphatic heterocycles. The van der Waals surface area contributed by atoms with Gasteiger partial charge in [0.05, 0.1) is 39.2 Å². The van der Waals surface area contributed by atoms with Crippen molar-refractivity contribution in [3.8, 4) is 28.2 Å². The molecule has 0 atom stereocenters. The van der Waals surface area contributed by atoms with Gasteiger partial charge in [-0.15, -0.1) is 4.91 Å². The molecule has 0 spiro atoms. The van der Waals surface area contributed by atoms with E-state index in [1.54, 1.807) is 36.4 Å². The lowest BCUT2D eigenvalue weighted by molar-refractivity contribution is 0.0697. The van der Waals surface area contributed by atoms with Crippen LogP contribution in [0.5, 0.6) is 5.75 Å². The Labute approximate surface area is 237 Å². The van der Waals surface area contributed by atoms with Crippen LogP contribution in [0.3, 0.4) is 0 Å². The number of carbonyl (C=O) groups is 1. The summed E-state index contributed by atoms with van der Waals surface area (Å²) >= 11 is 6.20. The molecule has 0 saturated carbocycles. The van der Waals surface area contributed by atoms with Crippen LogP contribution < -0.4 is 10.4 Å². The summed E-state index contributed by atoms with van der Waals surface area (Å²) in [6.45, 7) is 1.62. The van der Waals surface area contributed by atoms with Gasteiger partial charge in [0.2, 0.25) is 5.43 Å². The molecule has 3 aromatic carbocycles. The summed E-state index contributed by atoms with van der Waals surface area (Å²) in [4.78, 5) is 41.5. The smallest absolute Gasteiger partial charge is 0.336 e. The van der Waals surface area contributed by atoms with Crippen LogP contribution in [-0.4, -0.2) is 21.2 Å². The summed E-state index contributed by atoms with van der Waals surface area (Å²) < 4.78 is 6.19. The number of pyridine rings is 1. The lowest BCUT2D eigenvalue weighted by Gasteiger charge is -2.21. The van der Waals surface area contributed by atoms with Crippen molar-refractivity contribution in [3.05, 3.63) is 116 Å². The van der Waals surface area contributed by atoms with Crippen molar-refractivity contribution >= 4 is 45.1 Å². The van der Waals surface area contributed by atoms with Crippen molar-refractivity contribution in [2.75, 3.05) is 5.01 Å². The standard InChI is InChI=1S/C31H20ClN3O6/c1-16-9-10-17-5-4-8-24(29(17)33-16)35(34-40)15-22-25(36)12-11-20-28(18-6-2-3-7-19(18)31(38)39)21-13-23(32)26(37)14-27(21)41-30(20)22/h2-14,36H,15H2,1H3,(H,38,39). The number of rotatable bonds is 6. The number of phenolic OH excluding ortho intramolecular Hbond substituents is 1. The summed E-state index contributed by atoms with van der Waals surface area (Å²) in [6.07, 6.45) is 0. The van der Waals surface area contributed by atoms with Crippen LogP contribution in [-0.2, 0) is 6.54 Å². The highest BCUT2D eigenvalue weighted by molar-refractivity contribution is 6.31. The average Bonchev–Trinajstić information content (AvgIpc) is 2.96. The van der Waals surface area contributed by atoms with E-state index in [0.717, 1.165) is 16.1 Å². The summed E-state index contributed by atoms with van der Waals surface area (Å²) in [7, 11) is 0. The first-order chi connectivity index (χ1) is 19.8. The van der Waals surface area contributed by atoms with Gasteiger partial charge in [0.15, 0.2) is 0 Å². The fourth-order valence-corrected chi connectivity index (χ4v) is 5.24. The molecule has 0 saturated heterocycles. The lowest BCUT2D eigenvalue weighted by atomic mass is 9.90. The number of aromatic carboxylic acids is 1. The van der Waals surface area contributed by atoms with E-state index in [4.69, 9.17) is 16.0 Å². The van der Waals surface area contributed by atoms with Gasteiger partial charge in [-0.05, 0) is 48.9 Å². The number of para-hydroxylation sites is 1. The third kappa shape index (κ3) is 4.42. The molecule has 0 bridgehead atoms. The van der Waals surface area contributed by atoms with Gasteiger partial charge < -0.3 is 14.6 Å². The molecule has 1 aromatic heterocycles. The topological polar surface area (TPSA) is 133 Å². The van der Waals surface area contributed by atoms with E-state index in [2.05, 4.69) is 10.3 Å². The van der Waals surface area contributed by atoms with Crippen molar-refractivity contribution in [1.29, 1.82) is 0 Å².